The lowest BCUT2D eigenvalue weighted by atomic mass is 9.97. The van der Waals surface area contributed by atoms with Crippen LogP contribution in [0.15, 0.2) is 93.7 Å². The SMILES string of the molecule is CS(=O)(=O)Nc1ccc2oc(C(=O)N[C@@H](C=C3CCN(c4ccccc4CN4CCCCC4=O)CC3)Cc3ccc(Cl)cc3)cc(=O)c2c1. The third-order valence-electron chi connectivity index (χ3n) is 8.90. The standard InChI is InChI=1S/C37H39ClN4O6S/c1-49(46,47)40-29-13-14-34-31(22-29)33(43)23-35(48-34)37(45)39-30(20-25-9-11-28(38)12-10-25)21-26-15-18-41(19-16-26)32-7-3-2-6-27(32)24-42-17-5-4-8-36(42)44/h2-3,6-7,9-14,21-23,30,40H,4-5,8,15-20,24H2,1H3,(H,39,45)/t30-/m1/s1. The zero-order valence-corrected chi connectivity index (χ0v) is 28.9. The zero-order valence-electron chi connectivity index (χ0n) is 27.3. The molecular formula is C37H39ClN4O6S. The van der Waals surface area contributed by atoms with E-state index in [-0.39, 0.29) is 28.3 Å². The van der Waals surface area contributed by atoms with E-state index in [4.69, 9.17) is 16.0 Å². The molecule has 10 nitrogen and oxygen atoms in total. The van der Waals surface area contributed by atoms with Crippen LogP contribution in [0.3, 0.4) is 0 Å². The summed E-state index contributed by atoms with van der Waals surface area (Å²) in [5, 5.41) is 3.83. The topological polar surface area (TPSA) is 129 Å². The molecule has 0 spiro atoms. The summed E-state index contributed by atoms with van der Waals surface area (Å²) in [7, 11) is -3.54. The van der Waals surface area contributed by atoms with Crippen LogP contribution in [0.4, 0.5) is 11.4 Å². The van der Waals surface area contributed by atoms with Gasteiger partial charge in [0, 0.05) is 55.1 Å². The van der Waals surface area contributed by atoms with E-state index in [1.165, 1.54) is 23.8 Å². The van der Waals surface area contributed by atoms with Gasteiger partial charge in [-0.1, -0.05) is 53.6 Å². The molecule has 4 aromatic rings. The number of sulfonamides is 1. The van der Waals surface area contributed by atoms with Crippen LogP contribution in [0, 0.1) is 0 Å². The van der Waals surface area contributed by atoms with Gasteiger partial charge in [0.15, 0.2) is 11.2 Å². The molecule has 2 fully saturated rings. The Morgan fingerprint density at radius 1 is 0.959 bits per heavy atom. The maximum absolute atomic E-state index is 13.5. The van der Waals surface area contributed by atoms with Crippen molar-refractivity contribution in [2.24, 2.45) is 0 Å². The highest BCUT2D eigenvalue weighted by atomic mass is 35.5. The fourth-order valence-electron chi connectivity index (χ4n) is 6.48. The highest BCUT2D eigenvalue weighted by Gasteiger charge is 2.23. The molecule has 2 aliphatic rings. The smallest absolute Gasteiger partial charge is 0.287 e. The van der Waals surface area contributed by atoms with Gasteiger partial charge in [-0.15, -0.1) is 0 Å². The Hall–Kier alpha value is -4.61. The van der Waals surface area contributed by atoms with Crippen molar-refractivity contribution in [3.8, 4) is 0 Å². The summed E-state index contributed by atoms with van der Waals surface area (Å²) in [6.45, 7) is 3.02. The zero-order chi connectivity index (χ0) is 34.5. The summed E-state index contributed by atoms with van der Waals surface area (Å²) in [6.07, 6.45) is 7.85. The summed E-state index contributed by atoms with van der Waals surface area (Å²) in [6, 6.07) is 20.8. The van der Waals surface area contributed by atoms with Gasteiger partial charge in [-0.2, -0.15) is 0 Å². The Morgan fingerprint density at radius 2 is 1.71 bits per heavy atom. The highest BCUT2D eigenvalue weighted by molar-refractivity contribution is 7.92. The molecule has 6 rings (SSSR count). The van der Waals surface area contributed by atoms with Crippen molar-refractivity contribution in [1.29, 1.82) is 0 Å². The average molecular weight is 703 g/mol. The average Bonchev–Trinajstić information content (AvgIpc) is 3.07. The monoisotopic (exact) mass is 702 g/mol. The maximum atomic E-state index is 13.5. The molecule has 2 saturated heterocycles. The molecule has 49 heavy (non-hydrogen) atoms. The summed E-state index contributed by atoms with van der Waals surface area (Å²) in [5.74, 6) is -0.455. The Kier molecular flexibility index (Phi) is 10.4. The molecule has 0 bridgehead atoms. The van der Waals surface area contributed by atoms with Gasteiger partial charge in [-0.3, -0.25) is 19.1 Å². The number of carbonyl (C=O) groups excluding carboxylic acids is 2. The lowest BCUT2D eigenvalue weighted by Crippen LogP contribution is -2.37. The number of nitrogens with zero attached hydrogens (tertiary/aromatic N) is 2. The van der Waals surface area contributed by atoms with E-state index in [1.54, 1.807) is 0 Å². The number of carbonyl (C=O) groups is 2. The van der Waals surface area contributed by atoms with Gasteiger partial charge >= 0.3 is 0 Å². The van der Waals surface area contributed by atoms with Crippen molar-refractivity contribution < 1.29 is 22.4 Å². The minimum Gasteiger partial charge on any atom is -0.451 e. The van der Waals surface area contributed by atoms with Crippen LogP contribution in [-0.4, -0.2) is 57.1 Å². The normalized spacial score (nSPS) is 16.0. The van der Waals surface area contributed by atoms with Crippen LogP contribution in [0.2, 0.25) is 5.02 Å². The van der Waals surface area contributed by atoms with Crippen molar-refractivity contribution >= 4 is 55.8 Å². The lowest BCUT2D eigenvalue weighted by molar-refractivity contribution is -0.133. The predicted octanol–water partition coefficient (Wildman–Crippen LogP) is 5.90. The number of halogens is 1. The third-order valence-corrected chi connectivity index (χ3v) is 9.76. The van der Waals surface area contributed by atoms with E-state index < -0.39 is 27.4 Å². The fraction of sp³-hybridized carbons (Fsp3) is 0.324. The maximum Gasteiger partial charge on any atom is 0.287 e. The van der Waals surface area contributed by atoms with E-state index in [2.05, 4.69) is 33.1 Å². The number of hydrogen-bond acceptors (Lipinski definition) is 7. The number of rotatable bonds is 10. The minimum atomic E-state index is -3.54. The predicted molar refractivity (Wildman–Crippen MR) is 193 cm³/mol. The number of likely N-dealkylation sites (tertiary alicyclic amines) is 1. The lowest BCUT2D eigenvalue weighted by Gasteiger charge is -2.34. The molecule has 0 saturated carbocycles. The molecule has 2 aliphatic heterocycles. The first-order valence-corrected chi connectivity index (χ1v) is 18.7. The minimum absolute atomic E-state index is 0.139. The van der Waals surface area contributed by atoms with Crippen LogP contribution < -0.4 is 20.4 Å². The number of fused-ring (bicyclic) bond motifs is 1. The van der Waals surface area contributed by atoms with Crippen LogP contribution >= 0.6 is 11.6 Å². The van der Waals surface area contributed by atoms with E-state index in [0.717, 1.165) is 74.5 Å². The number of hydrogen-bond donors (Lipinski definition) is 2. The largest absolute Gasteiger partial charge is 0.451 e. The first kappa shape index (κ1) is 34.3. The quantitative estimate of drug-likeness (QED) is 0.197. The highest BCUT2D eigenvalue weighted by Crippen LogP contribution is 2.29. The van der Waals surface area contributed by atoms with Gasteiger partial charge in [0.1, 0.15) is 5.58 Å². The summed E-state index contributed by atoms with van der Waals surface area (Å²) in [4.78, 5) is 43.3. The summed E-state index contributed by atoms with van der Waals surface area (Å²) in [5.41, 5.74) is 4.42. The van der Waals surface area contributed by atoms with Crippen LogP contribution in [0.25, 0.3) is 11.0 Å². The second-order valence-electron chi connectivity index (χ2n) is 12.7. The first-order chi connectivity index (χ1) is 23.5. The Bertz CT molecular complexity index is 2050. The molecule has 0 radical (unpaired) electrons. The molecule has 1 aromatic heterocycles. The number of amides is 2. The van der Waals surface area contributed by atoms with E-state index >= 15 is 0 Å². The fourth-order valence-corrected chi connectivity index (χ4v) is 7.17. The van der Waals surface area contributed by atoms with E-state index in [9.17, 15) is 22.8 Å². The molecule has 256 valence electrons. The van der Waals surface area contributed by atoms with Crippen LogP contribution in [0.5, 0.6) is 0 Å². The first-order valence-electron chi connectivity index (χ1n) is 16.4. The number of anilines is 2. The molecular weight excluding hydrogens is 664 g/mol. The van der Waals surface area contributed by atoms with E-state index in [0.29, 0.717) is 24.4 Å². The van der Waals surface area contributed by atoms with Gasteiger partial charge in [0.05, 0.1) is 17.7 Å². The van der Waals surface area contributed by atoms with Crippen molar-refractivity contribution in [2.75, 3.05) is 35.5 Å². The van der Waals surface area contributed by atoms with Gasteiger partial charge in [-0.05, 0) is 79.6 Å². The van der Waals surface area contributed by atoms with Gasteiger partial charge < -0.3 is 19.5 Å². The van der Waals surface area contributed by atoms with Crippen molar-refractivity contribution in [3.63, 3.8) is 0 Å². The number of nitrogens with one attached hydrogen (secondary N) is 2. The van der Waals surface area contributed by atoms with Crippen LogP contribution in [-0.2, 0) is 27.8 Å². The van der Waals surface area contributed by atoms with Crippen molar-refractivity contribution in [2.45, 2.75) is 51.1 Å². The van der Waals surface area contributed by atoms with Gasteiger partial charge in [0.25, 0.3) is 5.91 Å². The molecule has 0 unspecified atom stereocenters. The molecule has 3 heterocycles. The summed E-state index contributed by atoms with van der Waals surface area (Å²) < 4.78 is 31.4. The van der Waals surface area contributed by atoms with Crippen LogP contribution in [0.1, 0.15) is 53.8 Å². The Labute approximate surface area is 290 Å². The molecule has 1 atom stereocenters. The van der Waals surface area contributed by atoms with Crippen molar-refractivity contribution in [1.82, 2.24) is 10.2 Å². The van der Waals surface area contributed by atoms with E-state index in [1.807, 2.05) is 41.3 Å². The van der Waals surface area contributed by atoms with Crippen molar-refractivity contribution in [3.05, 3.63) is 117 Å². The Morgan fingerprint density at radius 3 is 2.45 bits per heavy atom. The molecule has 3 aromatic carbocycles. The van der Waals surface area contributed by atoms with Gasteiger partial charge in [-0.25, -0.2) is 8.42 Å². The van der Waals surface area contributed by atoms with Gasteiger partial charge in [0.2, 0.25) is 15.9 Å². The second kappa shape index (κ2) is 14.9. The number of para-hydroxylation sites is 1. The third kappa shape index (κ3) is 8.90. The molecule has 2 N–H and O–H groups in total. The Balaban J connectivity index is 1.19. The number of benzene rings is 3. The summed E-state index contributed by atoms with van der Waals surface area (Å²) >= 11 is 6.13. The molecule has 2 amide bonds. The molecule has 12 heteroatoms. The second-order valence-corrected chi connectivity index (χ2v) is 14.9. The molecule has 0 aliphatic carbocycles. The number of piperidine rings is 2.